The van der Waals surface area contributed by atoms with Crippen LogP contribution in [0.25, 0.3) is 10.2 Å². The fraction of sp³-hybridized carbons (Fsp3) is 0.471. The van der Waals surface area contributed by atoms with Gasteiger partial charge in [-0.15, -0.1) is 11.3 Å². The van der Waals surface area contributed by atoms with Crippen molar-refractivity contribution in [3.05, 3.63) is 34.4 Å². The van der Waals surface area contributed by atoms with Gasteiger partial charge in [-0.2, -0.15) is 4.98 Å². The molecule has 0 amide bonds. The molecular weight excluding hydrogens is 372 g/mol. The summed E-state index contributed by atoms with van der Waals surface area (Å²) >= 11 is 7.96. The van der Waals surface area contributed by atoms with Crippen LogP contribution in [0.5, 0.6) is 0 Å². The van der Waals surface area contributed by atoms with Crippen LogP contribution >= 0.6 is 22.9 Å². The molecule has 136 valence electrons. The van der Waals surface area contributed by atoms with Crippen LogP contribution in [0, 0.1) is 0 Å². The SMILES string of the molecule is Clc1nc(N2CCOCC2)c2sc(CN3CCn4ccnc4C3)cc2n1. The van der Waals surface area contributed by atoms with Crippen LogP contribution in [0.2, 0.25) is 5.28 Å². The predicted molar refractivity (Wildman–Crippen MR) is 102 cm³/mol. The van der Waals surface area contributed by atoms with E-state index in [4.69, 9.17) is 16.3 Å². The molecule has 5 rings (SSSR count). The Hall–Kier alpha value is -1.74. The summed E-state index contributed by atoms with van der Waals surface area (Å²) in [5.41, 5.74) is 0.935. The van der Waals surface area contributed by atoms with Gasteiger partial charge in [0.1, 0.15) is 5.82 Å². The molecule has 26 heavy (non-hydrogen) atoms. The van der Waals surface area contributed by atoms with Gasteiger partial charge in [-0.3, -0.25) is 4.90 Å². The van der Waals surface area contributed by atoms with Crippen molar-refractivity contribution in [1.82, 2.24) is 24.4 Å². The third-order valence-electron chi connectivity index (χ3n) is 4.89. The molecule has 0 aliphatic carbocycles. The first kappa shape index (κ1) is 16.4. The number of hydrogen-bond acceptors (Lipinski definition) is 7. The van der Waals surface area contributed by atoms with Crippen molar-refractivity contribution in [2.45, 2.75) is 19.6 Å². The summed E-state index contributed by atoms with van der Waals surface area (Å²) in [5.74, 6) is 2.07. The summed E-state index contributed by atoms with van der Waals surface area (Å²) < 4.78 is 8.80. The zero-order valence-corrected chi connectivity index (χ0v) is 15.8. The molecule has 0 unspecified atom stereocenters. The summed E-state index contributed by atoms with van der Waals surface area (Å²) in [4.78, 5) is 19.4. The number of hydrogen-bond donors (Lipinski definition) is 0. The Morgan fingerprint density at radius 2 is 2.04 bits per heavy atom. The zero-order chi connectivity index (χ0) is 17.5. The van der Waals surface area contributed by atoms with Gasteiger partial charge in [-0.1, -0.05) is 0 Å². The van der Waals surface area contributed by atoms with E-state index in [1.165, 1.54) is 4.88 Å². The number of anilines is 1. The Morgan fingerprint density at radius 1 is 1.15 bits per heavy atom. The first-order valence-corrected chi connectivity index (χ1v) is 9.97. The van der Waals surface area contributed by atoms with Gasteiger partial charge in [-0.25, -0.2) is 9.97 Å². The highest BCUT2D eigenvalue weighted by Gasteiger charge is 2.21. The van der Waals surface area contributed by atoms with E-state index in [-0.39, 0.29) is 0 Å². The molecule has 0 bridgehead atoms. The van der Waals surface area contributed by atoms with E-state index in [9.17, 15) is 0 Å². The molecule has 1 fully saturated rings. The van der Waals surface area contributed by atoms with E-state index < -0.39 is 0 Å². The van der Waals surface area contributed by atoms with Gasteiger partial charge in [-0.05, 0) is 17.7 Å². The van der Waals surface area contributed by atoms with E-state index in [1.807, 2.05) is 6.20 Å². The van der Waals surface area contributed by atoms with Gasteiger partial charge >= 0.3 is 0 Å². The molecule has 2 aliphatic rings. The Labute approximate surface area is 160 Å². The molecule has 7 nitrogen and oxygen atoms in total. The number of morpholine rings is 1. The second-order valence-corrected chi connectivity index (χ2v) is 8.07. The highest BCUT2D eigenvalue weighted by molar-refractivity contribution is 7.19. The topological polar surface area (TPSA) is 59.3 Å². The molecule has 5 heterocycles. The minimum atomic E-state index is 0.309. The molecule has 2 aliphatic heterocycles. The van der Waals surface area contributed by atoms with Crippen molar-refractivity contribution in [1.29, 1.82) is 0 Å². The average Bonchev–Trinajstić information content (AvgIpc) is 3.27. The first-order valence-electron chi connectivity index (χ1n) is 8.77. The third-order valence-corrected chi connectivity index (χ3v) is 6.17. The fourth-order valence-corrected chi connectivity index (χ4v) is 4.91. The van der Waals surface area contributed by atoms with E-state index in [1.54, 1.807) is 11.3 Å². The standard InChI is InChI=1S/C17H19ClN6OS/c18-17-20-13-9-12(10-22-3-4-23-2-1-19-14(23)11-22)26-15(13)16(21-17)24-5-7-25-8-6-24/h1-2,9H,3-8,10-11H2. The number of halogens is 1. The number of fused-ring (bicyclic) bond motifs is 2. The smallest absolute Gasteiger partial charge is 0.224 e. The van der Waals surface area contributed by atoms with Crippen LogP contribution in [0.15, 0.2) is 18.5 Å². The molecule has 3 aromatic rings. The van der Waals surface area contributed by atoms with Crippen LogP contribution < -0.4 is 4.90 Å². The van der Waals surface area contributed by atoms with Crippen molar-refractivity contribution in [3.63, 3.8) is 0 Å². The lowest BCUT2D eigenvalue weighted by molar-refractivity contribution is 0.122. The summed E-state index contributed by atoms with van der Waals surface area (Å²) in [5, 5.41) is 0.309. The monoisotopic (exact) mass is 390 g/mol. The highest BCUT2D eigenvalue weighted by Crippen LogP contribution is 2.34. The average molecular weight is 391 g/mol. The lowest BCUT2D eigenvalue weighted by Gasteiger charge is -2.28. The quantitative estimate of drug-likeness (QED) is 0.640. The number of thiophene rings is 1. The van der Waals surface area contributed by atoms with Crippen molar-refractivity contribution < 1.29 is 4.74 Å². The number of ether oxygens (including phenoxy) is 1. The minimum absolute atomic E-state index is 0.309. The molecule has 9 heteroatoms. The molecule has 0 atom stereocenters. The van der Waals surface area contributed by atoms with E-state index in [2.05, 4.69) is 41.6 Å². The van der Waals surface area contributed by atoms with Crippen molar-refractivity contribution >= 4 is 39.0 Å². The maximum absolute atomic E-state index is 6.19. The van der Waals surface area contributed by atoms with Gasteiger partial charge in [0.05, 0.1) is 30.0 Å². The molecule has 1 saturated heterocycles. The highest BCUT2D eigenvalue weighted by atomic mass is 35.5. The lowest BCUT2D eigenvalue weighted by Crippen LogP contribution is -2.36. The number of imidazole rings is 1. The summed E-state index contributed by atoms with van der Waals surface area (Å²) in [6.07, 6.45) is 3.93. The molecule has 0 N–H and O–H groups in total. The molecule has 0 radical (unpaired) electrons. The second kappa shape index (κ2) is 6.77. The van der Waals surface area contributed by atoms with Crippen molar-refractivity contribution in [2.75, 3.05) is 37.7 Å². The largest absolute Gasteiger partial charge is 0.378 e. The Balaban J connectivity index is 1.42. The molecule has 3 aromatic heterocycles. The second-order valence-electron chi connectivity index (χ2n) is 6.59. The maximum atomic E-state index is 6.19. The van der Waals surface area contributed by atoms with Crippen LogP contribution in [0.3, 0.4) is 0 Å². The number of aromatic nitrogens is 4. The van der Waals surface area contributed by atoms with Gasteiger partial charge in [0, 0.05) is 50.0 Å². The van der Waals surface area contributed by atoms with Crippen LogP contribution in [-0.2, 0) is 24.4 Å². The lowest BCUT2D eigenvalue weighted by atomic mass is 10.3. The Morgan fingerprint density at radius 3 is 2.92 bits per heavy atom. The maximum Gasteiger partial charge on any atom is 0.224 e. The van der Waals surface area contributed by atoms with Crippen molar-refractivity contribution in [3.8, 4) is 0 Å². The summed E-state index contributed by atoms with van der Waals surface area (Å²) in [7, 11) is 0. The van der Waals surface area contributed by atoms with Crippen molar-refractivity contribution in [2.24, 2.45) is 0 Å². The van der Waals surface area contributed by atoms with Crippen LogP contribution in [0.4, 0.5) is 5.82 Å². The van der Waals surface area contributed by atoms with Gasteiger partial charge < -0.3 is 14.2 Å². The molecule has 0 aromatic carbocycles. The molecule has 0 spiro atoms. The Bertz CT molecular complexity index is 935. The van der Waals surface area contributed by atoms with E-state index in [0.717, 1.165) is 74.3 Å². The number of nitrogens with zero attached hydrogens (tertiary/aromatic N) is 6. The van der Waals surface area contributed by atoms with Crippen LogP contribution in [-0.4, -0.2) is 57.3 Å². The van der Waals surface area contributed by atoms with Crippen LogP contribution in [0.1, 0.15) is 10.7 Å². The third kappa shape index (κ3) is 3.07. The minimum Gasteiger partial charge on any atom is -0.378 e. The first-order chi connectivity index (χ1) is 12.8. The predicted octanol–water partition coefficient (Wildman–Crippen LogP) is 2.39. The molecule has 0 saturated carbocycles. The summed E-state index contributed by atoms with van der Waals surface area (Å²) in [6, 6.07) is 2.15. The van der Waals surface area contributed by atoms with Gasteiger partial charge in [0.25, 0.3) is 0 Å². The number of rotatable bonds is 3. The normalized spacial score (nSPS) is 18.4. The van der Waals surface area contributed by atoms with E-state index >= 15 is 0 Å². The van der Waals surface area contributed by atoms with Gasteiger partial charge in [0.2, 0.25) is 5.28 Å². The van der Waals surface area contributed by atoms with Gasteiger partial charge in [0.15, 0.2) is 5.82 Å². The van der Waals surface area contributed by atoms with E-state index in [0.29, 0.717) is 5.28 Å². The molecular formula is C17H19ClN6OS. The Kier molecular flexibility index (Phi) is 4.28. The zero-order valence-electron chi connectivity index (χ0n) is 14.3. The fourth-order valence-electron chi connectivity index (χ4n) is 3.58. The summed E-state index contributed by atoms with van der Waals surface area (Å²) in [6.45, 7) is 6.92.